The number of aromatic nitrogens is 1. The summed E-state index contributed by atoms with van der Waals surface area (Å²) < 4.78 is 0. The first-order chi connectivity index (χ1) is 23.4. The number of rotatable bonds is 8. The van der Waals surface area contributed by atoms with Crippen LogP contribution >= 0.6 is 0 Å². The van der Waals surface area contributed by atoms with Gasteiger partial charge in [-0.05, 0) is 46.9 Å². The summed E-state index contributed by atoms with van der Waals surface area (Å²) >= 11 is 0. The molecule has 6 aromatic rings. The van der Waals surface area contributed by atoms with Crippen LogP contribution in [0.2, 0.25) is 0 Å². The quantitative estimate of drug-likeness (QED) is 0.184. The molecular weight excluding hydrogens is 598 g/mol. The van der Waals surface area contributed by atoms with Gasteiger partial charge in [-0.15, -0.1) is 0 Å². The van der Waals surface area contributed by atoms with Crippen LogP contribution < -0.4 is 15.7 Å². The zero-order valence-corrected chi connectivity index (χ0v) is 26.3. The first-order valence-electron chi connectivity index (χ1n) is 16.0. The highest BCUT2D eigenvalue weighted by Crippen LogP contribution is 2.61. The smallest absolute Gasteiger partial charge is 0.240 e. The number of amides is 1. The number of carboxylic acids is 1. The number of aliphatic carboxylic acids is 1. The monoisotopic (exact) mass is 632 g/mol. The van der Waals surface area contributed by atoms with Crippen LogP contribution in [0.15, 0.2) is 152 Å². The van der Waals surface area contributed by atoms with Crippen molar-refractivity contribution in [3.05, 3.63) is 180 Å². The van der Waals surface area contributed by atoms with Gasteiger partial charge in [-0.2, -0.15) is 0 Å². The number of fused-ring (bicyclic) bond motifs is 2. The number of nitrogens with one attached hydrogen (secondary N) is 2. The zero-order valence-electron chi connectivity index (χ0n) is 26.3. The van der Waals surface area contributed by atoms with E-state index in [0.29, 0.717) is 28.8 Å². The Morgan fingerprint density at radius 1 is 0.750 bits per heavy atom. The highest BCUT2D eigenvalue weighted by molar-refractivity contribution is 6.12. The second kappa shape index (κ2) is 12.1. The normalized spacial score (nSPS) is 20.2. The van der Waals surface area contributed by atoms with Crippen LogP contribution in [0.25, 0.3) is 10.9 Å². The molecule has 0 saturated carbocycles. The Bertz CT molecular complexity index is 2070. The van der Waals surface area contributed by atoms with Gasteiger partial charge in [0, 0.05) is 11.1 Å². The average Bonchev–Trinajstić information content (AvgIpc) is 3.14. The number of hydrogen-bond donors (Lipinski definition) is 3. The summed E-state index contributed by atoms with van der Waals surface area (Å²) in [6.45, 7) is 1.91. The zero-order chi connectivity index (χ0) is 33.4. The Kier molecular flexibility index (Phi) is 7.77. The summed E-state index contributed by atoms with van der Waals surface area (Å²) in [5.41, 5.74) is -4.33. The lowest BCUT2D eigenvalue weighted by Gasteiger charge is -2.60. The van der Waals surface area contributed by atoms with Crippen molar-refractivity contribution >= 4 is 28.5 Å². The number of pyridine rings is 1. The lowest BCUT2D eigenvalue weighted by Crippen LogP contribution is -2.76. The van der Waals surface area contributed by atoms with Gasteiger partial charge in [0.1, 0.15) is 5.54 Å². The minimum Gasteiger partial charge on any atom is -0.548 e. The number of anilines is 1. The summed E-state index contributed by atoms with van der Waals surface area (Å²) in [7, 11) is 0. The van der Waals surface area contributed by atoms with E-state index in [1.807, 2.05) is 116 Å². The molecule has 0 spiro atoms. The first kappa shape index (κ1) is 30.8. The molecule has 0 fully saturated rings. The third kappa shape index (κ3) is 4.42. The fourth-order valence-corrected chi connectivity index (χ4v) is 7.45. The van der Waals surface area contributed by atoms with Gasteiger partial charge >= 0.3 is 0 Å². The Labute approximate surface area is 278 Å². The summed E-state index contributed by atoms with van der Waals surface area (Å²) in [5.74, 6) is -2.67. The lowest BCUT2D eigenvalue weighted by atomic mass is 9.51. The summed E-state index contributed by atoms with van der Waals surface area (Å²) in [6, 6.07) is 44.5. The molecule has 3 N–H and O–H groups in total. The van der Waals surface area contributed by atoms with E-state index in [4.69, 9.17) is 4.98 Å². The number of carbonyl (C=O) groups excluding carboxylic acids is 2. The van der Waals surface area contributed by atoms with Crippen molar-refractivity contribution in [3.8, 4) is 0 Å². The van der Waals surface area contributed by atoms with E-state index in [2.05, 4.69) is 10.6 Å². The van der Waals surface area contributed by atoms with Crippen molar-refractivity contribution in [2.45, 2.75) is 35.9 Å². The van der Waals surface area contributed by atoms with E-state index in [1.54, 1.807) is 42.5 Å². The van der Waals surface area contributed by atoms with Crippen LogP contribution in [-0.4, -0.2) is 22.0 Å². The maximum Gasteiger partial charge on any atom is 0.240 e. The SMILES string of the molecule is CCC(NC(=O)C1(C(=O)[O-])c2ccccc2NC(c2ccccc2)(c2ccccc2)[C@]1(O)c1ccc2ccccc2n1)c1ccccc1. The summed E-state index contributed by atoms with van der Waals surface area (Å²) in [6.07, 6.45) is 0.466. The fraction of sp³-hybridized carbons (Fsp3) is 0.146. The third-order valence-corrected chi connectivity index (χ3v) is 9.68. The number of aliphatic hydroxyl groups is 1. The Hall–Kier alpha value is -5.79. The molecule has 48 heavy (non-hydrogen) atoms. The van der Waals surface area contributed by atoms with Gasteiger partial charge in [0.05, 0.1) is 23.2 Å². The van der Waals surface area contributed by atoms with Crippen LogP contribution in [0.5, 0.6) is 0 Å². The van der Waals surface area contributed by atoms with Crippen molar-refractivity contribution in [2.24, 2.45) is 0 Å². The maximum absolute atomic E-state index is 15.3. The largest absolute Gasteiger partial charge is 0.548 e. The average molecular weight is 633 g/mol. The molecule has 0 radical (unpaired) electrons. The predicted molar refractivity (Wildman–Crippen MR) is 184 cm³/mol. The fourth-order valence-electron chi connectivity index (χ4n) is 7.45. The summed E-state index contributed by atoms with van der Waals surface area (Å²) in [5, 5.41) is 35.8. The second-order valence-electron chi connectivity index (χ2n) is 12.1. The highest BCUT2D eigenvalue weighted by atomic mass is 16.4. The molecule has 1 aliphatic rings. The van der Waals surface area contributed by atoms with E-state index in [1.165, 1.54) is 0 Å². The van der Waals surface area contributed by atoms with E-state index in [0.717, 1.165) is 10.9 Å². The molecule has 2 heterocycles. The number of para-hydroxylation sites is 2. The van der Waals surface area contributed by atoms with Gasteiger partial charge in [0.2, 0.25) is 5.91 Å². The minimum absolute atomic E-state index is 0.0111. The molecule has 7 nitrogen and oxygen atoms in total. The van der Waals surface area contributed by atoms with Crippen molar-refractivity contribution in [1.82, 2.24) is 10.3 Å². The number of carbonyl (C=O) groups is 2. The van der Waals surface area contributed by atoms with E-state index < -0.39 is 34.5 Å². The topological polar surface area (TPSA) is 114 Å². The standard InChI is InChI=1S/C41H35N3O4/c1-2-33(28-16-6-3-7-17-28)43-37(45)39(38(46)47)32-23-13-15-25-35(32)44-40(30-19-8-4-9-20-30,31-21-10-5-11-22-31)41(39,48)36-27-26-29-18-12-14-24-34(29)42-36/h3-27,33,44,48H,2H2,1H3,(H,43,45)(H,46,47)/p-1/t33?,39?,41-/m0/s1. The van der Waals surface area contributed by atoms with Crippen molar-refractivity contribution in [2.75, 3.05) is 5.32 Å². The molecule has 0 saturated heterocycles. The van der Waals surface area contributed by atoms with Crippen molar-refractivity contribution < 1.29 is 19.8 Å². The minimum atomic E-state index is -2.72. The van der Waals surface area contributed by atoms with Crippen LogP contribution in [0.4, 0.5) is 5.69 Å². The molecule has 7 rings (SSSR count). The second-order valence-corrected chi connectivity index (χ2v) is 12.1. The van der Waals surface area contributed by atoms with Crippen LogP contribution in [-0.2, 0) is 26.1 Å². The van der Waals surface area contributed by atoms with Gasteiger partial charge in [0.15, 0.2) is 11.0 Å². The van der Waals surface area contributed by atoms with E-state index >= 15 is 4.79 Å². The molecule has 0 bridgehead atoms. The van der Waals surface area contributed by atoms with E-state index in [9.17, 15) is 15.0 Å². The molecule has 1 aliphatic heterocycles. The molecule has 0 aliphatic carbocycles. The number of nitrogens with zero attached hydrogens (tertiary/aromatic N) is 1. The number of carboxylic acid groups (broad SMARTS) is 1. The molecule has 3 atom stereocenters. The van der Waals surface area contributed by atoms with Crippen LogP contribution in [0.1, 0.15) is 47.3 Å². The van der Waals surface area contributed by atoms with Gasteiger partial charge in [-0.3, -0.25) is 4.79 Å². The molecule has 1 aromatic heterocycles. The van der Waals surface area contributed by atoms with Crippen molar-refractivity contribution in [1.29, 1.82) is 0 Å². The third-order valence-electron chi connectivity index (χ3n) is 9.68. The molecule has 1 amide bonds. The van der Waals surface area contributed by atoms with Crippen LogP contribution in [0.3, 0.4) is 0 Å². The number of benzene rings is 5. The first-order valence-corrected chi connectivity index (χ1v) is 16.0. The van der Waals surface area contributed by atoms with Crippen LogP contribution in [0, 0.1) is 0 Å². The van der Waals surface area contributed by atoms with Gasteiger partial charge in [-0.1, -0.05) is 140 Å². The summed E-state index contributed by atoms with van der Waals surface area (Å²) in [4.78, 5) is 34.6. The molecule has 5 aromatic carbocycles. The Morgan fingerprint density at radius 3 is 1.94 bits per heavy atom. The van der Waals surface area contributed by atoms with E-state index in [-0.39, 0.29) is 11.3 Å². The van der Waals surface area contributed by atoms with Gasteiger partial charge < -0.3 is 25.6 Å². The Morgan fingerprint density at radius 2 is 1.31 bits per heavy atom. The maximum atomic E-state index is 15.3. The van der Waals surface area contributed by atoms with Gasteiger partial charge in [-0.25, -0.2) is 4.98 Å². The molecule has 7 heteroatoms. The Balaban J connectivity index is 1.64. The number of hydrogen-bond acceptors (Lipinski definition) is 6. The lowest BCUT2D eigenvalue weighted by molar-refractivity contribution is -0.321. The predicted octanol–water partition coefficient (Wildman–Crippen LogP) is 5.75. The molecular formula is C41H34N3O4-. The molecule has 2 unspecified atom stereocenters. The van der Waals surface area contributed by atoms with Gasteiger partial charge in [0.25, 0.3) is 0 Å². The molecule has 238 valence electrons. The van der Waals surface area contributed by atoms with Crippen molar-refractivity contribution in [3.63, 3.8) is 0 Å². The highest BCUT2D eigenvalue weighted by Gasteiger charge is 2.73.